The standard InChI is InChI=1S/C10H7N3S/c1-2-8-6-12-14-10(8)5-7(1)9-3-4-11-13-9/h1-6H,(H,11,13). The van der Waals surface area contributed by atoms with Gasteiger partial charge in [-0.25, -0.2) is 0 Å². The number of aromatic amines is 1. The molecule has 3 aromatic rings. The van der Waals surface area contributed by atoms with Crippen LogP contribution in [0.4, 0.5) is 0 Å². The molecule has 0 bridgehead atoms. The van der Waals surface area contributed by atoms with Gasteiger partial charge in [0.25, 0.3) is 0 Å². The van der Waals surface area contributed by atoms with Crippen LogP contribution in [-0.4, -0.2) is 14.6 Å². The molecule has 0 aliphatic rings. The van der Waals surface area contributed by atoms with Crippen molar-refractivity contribution in [3.8, 4) is 11.3 Å². The van der Waals surface area contributed by atoms with Gasteiger partial charge in [0.1, 0.15) is 0 Å². The van der Waals surface area contributed by atoms with E-state index >= 15 is 0 Å². The molecule has 4 heteroatoms. The Morgan fingerprint density at radius 2 is 2.21 bits per heavy atom. The maximum Gasteiger partial charge on any atom is 0.0650 e. The molecule has 0 radical (unpaired) electrons. The van der Waals surface area contributed by atoms with Gasteiger partial charge in [-0.2, -0.15) is 9.47 Å². The van der Waals surface area contributed by atoms with Crippen LogP contribution in [0.25, 0.3) is 21.3 Å². The average molecular weight is 201 g/mol. The first-order valence-electron chi connectivity index (χ1n) is 4.28. The Bertz CT molecular complexity index is 554. The second kappa shape index (κ2) is 2.92. The van der Waals surface area contributed by atoms with Crippen LogP contribution < -0.4 is 0 Å². The molecule has 0 unspecified atom stereocenters. The number of hydrogen-bond donors (Lipinski definition) is 1. The minimum atomic E-state index is 1.04. The Kier molecular flexibility index (Phi) is 1.61. The Morgan fingerprint density at radius 3 is 3.07 bits per heavy atom. The van der Waals surface area contributed by atoms with Crippen molar-refractivity contribution in [2.24, 2.45) is 0 Å². The lowest BCUT2D eigenvalue weighted by Crippen LogP contribution is -1.76. The highest BCUT2D eigenvalue weighted by atomic mass is 32.1. The summed E-state index contributed by atoms with van der Waals surface area (Å²) in [4.78, 5) is 0. The molecule has 2 aromatic heterocycles. The summed E-state index contributed by atoms with van der Waals surface area (Å²) in [6.07, 6.45) is 3.64. The lowest BCUT2D eigenvalue weighted by Gasteiger charge is -1.96. The van der Waals surface area contributed by atoms with Crippen LogP contribution in [0.2, 0.25) is 0 Å². The second-order valence-corrected chi connectivity index (χ2v) is 3.88. The molecule has 0 aliphatic carbocycles. The van der Waals surface area contributed by atoms with E-state index in [2.05, 4.69) is 32.8 Å². The molecule has 3 nitrogen and oxygen atoms in total. The molecular weight excluding hydrogens is 194 g/mol. The Hall–Kier alpha value is -1.68. The van der Waals surface area contributed by atoms with Crippen LogP contribution in [0.5, 0.6) is 0 Å². The summed E-state index contributed by atoms with van der Waals surface area (Å²) >= 11 is 1.51. The van der Waals surface area contributed by atoms with Gasteiger partial charge in [0.2, 0.25) is 0 Å². The molecule has 14 heavy (non-hydrogen) atoms. The van der Waals surface area contributed by atoms with E-state index in [0.29, 0.717) is 0 Å². The second-order valence-electron chi connectivity index (χ2n) is 3.05. The van der Waals surface area contributed by atoms with Gasteiger partial charge in [-0.05, 0) is 23.7 Å². The predicted molar refractivity (Wildman–Crippen MR) is 57.2 cm³/mol. The number of fused-ring (bicyclic) bond motifs is 1. The molecule has 0 saturated carbocycles. The maximum atomic E-state index is 4.14. The van der Waals surface area contributed by atoms with Gasteiger partial charge < -0.3 is 0 Å². The van der Waals surface area contributed by atoms with Crippen molar-refractivity contribution in [3.63, 3.8) is 0 Å². The number of rotatable bonds is 1. The highest BCUT2D eigenvalue weighted by molar-refractivity contribution is 7.13. The third-order valence-corrected chi connectivity index (χ3v) is 2.93. The lowest BCUT2D eigenvalue weighted by molar-refractivity contribution is 1.10. The predicted octanol–water partition coefficient (Wildman–Crippen LogP) is 2.69. The number of aromatic nitrogens is 3. The summed E-state index contributed by atoms with van der Waals surface area (Å²) in [5, 5.41) is 8.07. The van der Waals surface area contributed by atoms with Crippen LogP contribution in [0, 0.1) is 0 Å². The normalized spacial score (nSPS) is 10.9. The third-order valence-electron chi connectivity index (χ3n) is 2.17. The van der Waals surface area contributed by atoms with E-state index < -0.39 is 0 Å². The molecule has 1 N–H and O–H groups in total. The van der Waals surface area contributed by atoms with Gasteiger partial charge in [0.15, 0.2) is 0 Å². The zero-order valence-electron chi connectivity index (χ0n) is 7.27. The maximum absolute atomic E-state index is 4.14. The van der Waals surface area contributed by atoms with Crippen molar-refractivity contribution in [2.75, 3.05) is 0 Å². The Morgan fingerprint density at radius 1 is 1.21 bits per heavy atom. The monoisotopic (exact) mass is 201 g/mol. The van der Waals surface area contributed by atoms with E-state index in [-0.39, 0.29) is 0 Å². The first-order valence-corrected chi connectivity index (χ1v) is 5.05. The van der Waals surface area contributed by atoms with E-state index in [9.17, 15) is 0 Å². The molecule has 0 atom stereocenters. The van der Waals surface area contributed by atoms with E-state index in [1.165, 1.54) is 21.6 Å². The molecule has 0 aliphatic heterocycles. The molecule has 2 heterocycles. The van der Waals surface area contributed by atoms with Gasteiger partial charge in [0, 0.05) is 23.3 Å². The quantitative estimate of drug-likeness (QED) is 0.657. The highest BCUT2D eigenvalue weighted by Gasteiger charge is 2.01. The van der Waals surface area contributed by atoms with Crippen LogP contribution in [0.15, 0.2) is 36.7 Å². The summed E-state index contributed by atoms with van der Waals surface area (Å²) < 4.78 is 5.35. The molecule has 0 saturated heterocycles. The van der Waals surface area contributed by atoms with E-state index in [1.54, 1.807) is 6.20 Å². The van der Waals surface area contributed by atoms with Gasteiger partial charge >= 0.3 is 0 Å². The summed E-state index contributed by atoms with van der Waals surface area (Å²) in [6, 6.07) is 8.24. The van der Waals surface area contributed by atoms with Crippen LogP contribution in [0.1, 0.15) is 0 Å². The van der Waals surface area contributed by atoms with Gasteiger partial charge in [-0.15, -0.1) is 0 Å². The van der Waals surface area contributed by atoms with Gasteiger partial charge in [-0.3, -0.25) is 5.10 Å². The minimum absolute atomic E-state index is 1.04. The highest BCUT2D eigenvalue weighted by Crippen LogP contribution is 2.24. The summed E-state index contributed by atoms with van der Waals surface area (Å²) in [7, 11) is 0. The minimum Gasteiger partial charge on any atom is -0.278 e. The molecule has 0 amide bonds. The van der Waals surface area contributed by atoms with E-state index in [1.807, 2.05) is 12.3 Å². The fourth-order valence-electron chi connectivity index (χ4n) is 1.44. The first kappa shape index (κ1) is 7.70. The van der Waals surface area contributed by atoms with Crippen molar-refractivity contribution in [1.29, 1.82) is 0 Å². The van der Waals surface area contributed by atoms with Gasteiger partial charge in [-0.1, -0.05) is 12.1 Å². The van der Waals surface area contributed by atoms with Crippen molar-refractivity contribution in [1.82, 2.24) is 14.6 Å². The Labute approximate surface area is 84.6 Å². The molecule has 3 rings (SSSR count). The lowest BCUT2D eigenvalue weighted by atomic mass is 10.1. The number of H-pyrrole nitrogens is 1. The third kappa shape index (κ3) is 1.12. The molecule has 0 spiro atoms. The van der Waals surface area contributed by atoms with E-state index in [4.69, 9.17) is 0 Å². The summed E-state index contributed by atoms with van der Waals surface area (Å²) in [6.45, 7) is 0. The number of nitrogens with zero attached hydrogens (tertiary/aromatic N) is 2. The van der Waals surface area contributed by atoms with Crippen molar-refractivity contribution < 1.29 is 0 Å². The number of benzene rings is 1. The smallest absolute Gasteiger partial charge is 0.0650 e. The average Bonchev–Trinajstić information content (AvgIpc) is 2.88. The molecular formula is C10H7N3S. The SMILES string of the molecule is c1cc(-c2ccc3cnsc3c2)[nH]n1. The number of nitrogens with one attached hydrogen (secondary N) is 1. The van der Waals surface area contributed by atoms with Crippen LogP contribution in [0.3, 0.4) is 0 Å². The number of hydrogen-bond acceptors (Lipinski definition) is 3. The van der Waals surface area contributed by atoms with E-state index in [0.717, 1.165) is 11.3 Å². The van der Waals surface area contributed by atoms with Gasteiger partial charge in [0.05, 0.1) is 10.4 Å². The molecule has 1 aromatic carbocycles. The summed E-state index contributed by atoms with van der Waals surface area (Å²) in [5.41, 5.74) is 2.19. The molecule has 0 fully saturated rings. The topological polar surface area (TPSA) is 41.6 Å². The Balaban J connectivity index is 2.23. The fraction of sp³-hybridized carbons (Fsp3) is 0. The van der Waals surface area contributed by atoms with Crippen molar-refractivity contribution in [2.45, 2.75) is 0 Å². The zero-order chi connectivity index (χ0) is 9.38. The largest absolute Gasteiger partial charge is 0.278 e. The molecule has 68 valence electrons. The fourth-order valence-corrected chi connectivity index (χ4v) is 2.13. The first-order chi connectivity index (χ1) is 6.93. The van der Waals surface area contributed by atoms with Crippen molar-refractivity contribution in [3.05, 3.63) is 36.7 Å². The van der Waals surface area contributed by atoms with Crippen LogP contribution >= 0.6 is 11.5 Å². The van der Waals surface area contributed by atoms with Crippen LogP contribution in [-0.2, 0) is 0 Å². The van der Waals surface area contributed by atoms with Crippen molar-refractivity contribution >= 4 is 21.6 Å². The zero-order valence-corrected chi connectivity index (χ0v) is 8.08. The summed E-state index contributed by atoms with van der Waals surface area (Å²) in [5.74, 6) is 0.